The van der Waals surface area contributed by atoms with Crippen LogP contribution in [0.15, 0.2) is 66.0 Å². The number of hydrogen-bond acceptors (Lipinski definition) is 4. The molecule has 0 saturated carbocycles. The van der Waals surface area contributed by atoms with Gasteiger partial charge in [0.15, 0.2) is 0 Å². The van der Waals surface area contributed by atoms with Crippen molar-refractivity contribution in [3.8, 4) is 5.75 Å². The van der Waals surface area contributed by atoms with Crippen molar-refractivity contribution < 1.29 is 27.0 Å². The van der Waals surface area contributed by atoms with Gasteiger partial charge in [0, 0.05) is 29.5 Å². The molecule has 0 aromatic heterocycles. The maximum atomic E-state index is 11.3. The molecule has 0 unspecified atom stereocenters. The predicted molar refractivity (Wildman–Crippen MR) is 71.6 cm³/mol. The normalized spacial score (nSPS) is 15.8. The van der Waals surface area contributed by atoms with E-state index in [1.54, 1.807) is 48.7 Å². The zero-order chi connectivity index (χ0) is 12.8. The predicted octanol–water partition coefficient (Wildman–Crippen LogP) is 2.41. The minimum Gasteiger partial charge on any atom is -0.506 e. The minimum absolute atomic E-state index is 0. The van der Waals surface area contributed by atoms with Crippen LogP contribution in [0.5, 0.6) is 5.75 Å². The van der Waals surface area contributed by atoms with Gasteiger partial charge in [-0.1, -0.05) is 24.3 Å². The molecule has 1 aliphatic rings. The topological polar surface area (TPSA) is 61.7 Å². The standard InChI is InChI=1S/C14H12N2O2.Cu/c17-13-7-3-1-5-11(13)15-9-10-16-12-6-2-4-8-14(12)18;/h1-10,15,17H;/b10-9-,16-12?;. The molecule has 0 fully saturated rings. The smallest absolute Gasteiger partial charge is 0.204 e. The summed E-state index contributed by atoms with van der Waals surface area (Å²) in [4.78, 5) is 15.4. The number of ketones is 1. The number of phenols is 1. The minimum atomic E-state index is -0.121. The monoisotopic (exact) mass is 303 g/mol. The van der Waals surface area contributed by atoms with Gasteiger partial charge in [0.25, 0.3) is 0 Å². The summed E-state index contributed by atoms with van der Waals surface area (Å²) in [5.74, 6) is 0.0380. The Labute approximate surface area is 121 Å². The fraction of sp³-hybridized carbons (Fsp3) is 0. The maximum absolute atomic E-state index is 11.3. The maximum Gasteiger partial charge on any atom is 0.204 e. The second kappa shape index (κ2) is 7.36. The molecule has 19 heavy (non-hydrogen) atoms. The molecule has 0 aliphatic heterocycles. The van der Waals surface area contributed by atoms with Gasteiger partial charge in [-0.2, -0.15) is 0 Å². The molecule has 5 heteroatoms. The molecular weight excluding hydrogens is 292 g/mol. The van der Waals surface area contributed by atoms with Crippen LogP contribution in [-0.2, 0) is 21.9 Å². The van der Waals surface area contributed by atoms with Crippen molar-refractivity contribution in [1.29, 1.82) is 0 Å². The van der Waals surface area contributed by atoms with Crippen molar-refractivity contribution in [2.75, 3.05) is 5.32 Å². The van der Waals surface area contributed by atoms with Crippen LogP contribution in [0, 0.1) is 0 Å². The van der Waals surface area contributed by atoms with Gasteiger partial charge >= 0.3 is 0 Å². The second-order valence-electron chi connectivity index (χ2n) is 3.57. The quantitative estimate of drug-likeness (QED) is 0.512. The van der Waals surface area contributed by atoms with Gasteiger partial charge in [0.05, 0.1) is 5.69 Å². The van der Waals surface area contributed by atoms with Crippen LogP contribution < -0.4 is 5.32 Å². The Hall–Kier alpha value is -2.10. The van der Waals surface area contributed by atoms with Crippen molar-refractivity contribution in [2.24, 2.45) is 4.99 Å². The Balaban J connectivity index is 0.00000180. The van der Waals surface area contributed by atoms with E-state index in [-0.39, 0.29) is 28.6 Å². The van der Waals surface area contributed by atoms with Crippen LogP contribution in [0.2, 0.25) is 0 Å². The number of carbonyl (C=O) groups is 1. The second-order valence-corrected chi connectivity index (χ2v) is 3.57. The van der Waals surface area contributed by atoms with Crippen LogP contribution in [0.3, 0.4) is 0 Å². The van der Waals surface area contributed by atoms with Gasteiger partial charge in [-0.05, 0) is 24.3 Å². The number of rotatable bonds is 3. The van der Waals surface area contributed by atoms with Crippen LogP contribution in [0.4, 0.5) is 5.69 Å². The van der Waals surface area contributed by atoms with E-state index in [4.69, 9.17) is 0 Å². The zero-order valence-electron chi connectivity index (χ0n) is 9.88. The first-order chi connectivity index (χ1) is 8.77. The van der Waals surface area contributed by atoms with E-state index in [1.165, 1.54) is 12.3 Å². The van der Waals surface area contributed by atoms with Crippen molar-refractivity contribution in [1.82, 2.24) is 0 Å². The molecule has 2 N–H and O–H groups in total. The summed E-state index contributed by atoms with van der Waals surface area (Å²) in [6.07, 6.45) is 9.57. The van der Waals surface area contributed by atoms with Crippen molar-refractivity contribution >= 4 is 17.2 Å². The average Bonchev–Trinajstić information content (AvgIpc) is 2.38. The molecule has 0 atom stereocenters. The number of allylic oxidation sites excluding steroid dienone is 4. The van der Waals surface area contributed by atoms with E-state index in [0.29, 0.717) is 11.4 Å². The van der Waals surface area contributed by atoms with Crippen LogP contribution in [0.1, 0.15) is 0 Å². The number of phenolic OH excluding ortho intramolecular Hbond substituents is 1. The number of carbonyl (C=O) groups excluding carboxylic acids is 1. The van der Waals surface area contributed by atoms with Gasteiger partial charge in [-0.25, -0.2) is 0 Å². The first-order valence-electron chi connectivity index (χ1n) is 5.44. The molecule has 1 radical (unpaired) electrons. The summed E-state index contributed by atoms with van der Waals surface area (Å²) in [6.45, 7) is 0. The number of benzene rings is 1. The van der Waals surface area contributed by atoms with Gasteiger partial charge in [-0.15, -0.1) is 0 Å². The zero-order valence-corrected chi connectivity index (χ0v) is 10.8. The Morgan fingerprint density at radius 2 is 1.89 bits per heavy atom. The van der Waals surface area contributed by atoms with Crippen molar-refractivity contribution in [3.63, 3.8) is 0 Å². The number of hydrogen-bond donors (Lipinski definition) is 2. The fourth-order valence-corrected chi connectivity index (χ4v) is 1.40. The first-order valence-corrected chi connectivity index (χ1v) is 5.44. The fourth-order valence-electron chi connectivity index (χ4n) is 1.40. The molecule has 0 spiro atoms. The Bertz CT molecular complexity index is 575. The van der Waals surface area contributed by atoms with Crippen LogP contribution in [0.25, 0.3) is 0 Å². The summed E-state index contributed by atoms with van der Waals surface area (Å²) >= 11 is 0. The summed E-state index contributed by atoms with van der Waals surface area (Å²) in [6, 6.07) is 6.86. The molecule has 0 bridgehead atoms. The number of anilines is 1. The van der Waals surface area contributed by atoms with Gasteiger partial charge < -0.3 is 10.4 Å². The van der Waals surface area contributed by atoms with E-state index in [0.717, 1.165) is 0 Å². The number of aliphatic imine (C=N–C) groups is 1. The first kappa shape index (κ1) is 15.0. The summed E-state index contributed by atoms with van der Waals surface area (Å²) in [5, 5.41) is 12.4. The molecular formula is C14H12CuN2O2. The Morgan fingerprint density at radius 3 is 2.63 bits per heavy atom. The van der Waals surface area contributed by atoms with Gasteiger partial charge in [0.1, 0.15) is 11.5 Å². The number of aromatic hydroxyl groups is 1. The number of nitrogens with one attached hydrogen (secondary N) is 1. The molecule has 101 valence electrons. The van der Waals surface area contributed by atoms with Crippen LogP contribution in [-0.4, -0.2) is 16.6 Å². The van der Waals surface area contributed by atoms with E-state index in [1.807, 2.05) is 0 Å². The SMILES string of the molecule is O=C1C=CC=CC1=N/C=C\Nc1ccccc1O.[Cu]. The number of para-hydroxylation sites is 2. The van der Waals surface area contributed by atoms with E-state index in [9.17, 15) is 9.90 Å². The van der Waals surface area contributed by atoms with Crippen molar-refractivity contribution in [2.45, 2.75) is 0 Å². The third-order valence-corrected chi connectivity index (χ3v) is 2.30. The number of nitrogens with zero attached hydrogens (tertiary/aromatic N) is 1. The molecule has 0 heterocycles. The van der Waals surface area contributed by atoms with E-state index < -0.39 is 0 Å². The Kier molecular flexibility index (Phi) is 5.79. The van der Waals surface area contributed by atoms with Gasteiger partial charge in [0.2, 0.25) is 5.78 Å². The molecule has 0 saturated heterocycles. The molecule has 0 amide bonds. The largest absolute Gasteiger partial charge is 0.506 e. The summed E-state index contributed by atoms with van der Waals surface area (Å²) in [7, 11) is 0. The third-order valence-electron chi connectivity index (χ3n) is 2.30. The summed E-state index contributed by atoms with van der Waals surface area (Å²) < 4.78 is 0. The van der Waals surface area contributed by atoms with Crippen molar-refractivity contribution in [3.05, 3.63) is 61.0 Å². The third kappa shape index (κ3) is 4.25. The molecule has 1 aromatic rings. The molecule has 1 aromatic carbocycles. The molecule has 4 nitrogen and oxygen atoms in total. The molecule has 1 aliphatic carbocycles. The molecule has 2 rings (SSSR count). The summed E-state index contributed by atoms with van der Waals surface area (Å²) in [5.41, 5.74) is 0.965. The average molecular weight is 304 g/mol. The van der Waals surface area contributed by atoms with Crippen LogP contribution >= 0.6 is 0 Å². The Morgan fingerprint density at radius 1 is 1.16 bits per heavy atom. The van der Waals surface area contributed by atoms with Gasteiger partial charge in [-0.3, -0.25) is 9.79 Å². The van der Waals surface area contributed by atoms with E-state index in [2.05, 4.69) is 10.3 Å². The van der Waals surface area contributed by atoms with E-state index >= 15 is 0 Å².